The standard InChI is InChI=1S/C13H15ClN2O3/c1-7-9(14)5-4-6-10(7)16-12(17)11(8(2)15)13(18)19-3/h4-6H,15H2,1-3H3,(H,16,17)/b11-8-. The first kappa shape index (κ1) is 15.0. The highest BCUT2D eigenvalue weighted by molar-refractivity contribution is 6.32. The van der Waals surface area contributed by atoms with Crippen molar-refractivity contribution in [3.05, 3.63) is 40.1 Å². The number of amides is 1. The van der Waals surface area contributed by atoms with Gasteiger partial charge in [-0.2, -0.15) is 0 Å². The van der Waals surface area contributed by atoms with Crippen molar-refractivity contribution in [1.29, 1.82) is 0 Å². The molecule has 0 radical (unpaired) electrons. The molecule has 1 rings (SSSR count). The summed E-state index contributed by atoms with van der Waals surface area (Å²) in [6.45, 7) is 3.21. The quantitative estimate of drug-likeness (QED) is 0.384. The van der Waals surface area contributed by atoms with E-state index in [0.717, 1.165) is 0 Å². The number of esters is 1. The Balaban J connectivity index is 3.05. The van der Waals surface area contributed by atoms with Crippen LogP contribution in [0, 0.1) is 6.92 Å². The van der Waals surface area contributed by atoms with Gasteiger partial charge in [-0.15, -0.1) is 0 Å². The third kappa shape index (κ3) is 3.48. The Morgan fingerprint density at radius 1 is 1.37 bits per heavy atom. The number of anilines is 1. The van der Waals surface area contributed by atoms with Crippen molar-refractivity contribution in [2.45, 2.75) is 13.8 Å². The highest BCUT2D eigenvalue weighted by Gasteiger charge is 2.21. The first-order valence-electron chi connectivity index (χ1n) is 5.49. The van der Waals surface area contributed by atoms with E-state index in [0.29, 0.717) is 16.3 Å². The first-order chi connectivity index (χ1) is 8.88. The molecule has 1 amide bonds. The average Bonchev–Trinajstić information content (AvgIpc) is 2.34. The van der Waals surface area contributed by atoms with Gasteiger partial charge in [0.2, 0.25) is 0 Å². The molecule has 3 N–H and O–H groups in total. The summed E-state index contributed by atoms with van der Waals surface area (Å²) in [5, 5.41) is 3.10. The molecule has 0 saturated heterocycles. The lowest BCUT2D eigenvalue weighted by atomic mass is 10.1. The molecule has 0 unspecified atom stereocenters. The summed E-state index contributed by atoms with van der Waals surface area (Å²) in [7, 11) is 1.18. The van der Waals surface area contributed by atoms with E-state index >= 15 is 0 Å². The predicted octanol–water partition coefficient (Wildman–Crippen LogP) is 1.99. The van der Waals surface area contributed by atoms with Crippen molar-refractivity contribution in [2.24, 2.45) is 5.73 Å². The minimum Gasteiger partial charge on any atom is -0.465 e. The lowest BCUT2D eigenvalue weighted by Crippen LogP contribution is -2.25. The van der Waals surface area contributed by atoms with Crippen LogP contribution in [0.1, 0.15) is 12.5 Å². The van der Waals surface area contributed by atoms with Gasteiger partial charge in [0, 0.05) is 16.4 Å². The Bertz CT molecular complexity index is 549. The summed E-state index contributed by atoms with van der Waals surface area (Å²) in [4.78, 5) is 23.5. The van der Waals surface area contributed by atoms with Crippen LogP contribution >= 0.6 is 11.6 Å². The highest BCUT2D eigenvalue weighted by atomic mass is 35.5. The minimum absolute atomic E-state index is 0.0871. The number of rotatable bonds is 3. The number of carbonyl (C=O) groups is 2. The van der Waals surface area contributed by atoms with Crippen LogP contribution in [-0.4, -0.2) is 19.0 Å². The van der Waals surface area contributed by atoms with E-state index in [9.17, 15) is 9.59 Å². The topological polar surface area (TPSA) is 81.4 Å². The third-order valence-corrected chi connectivity index (χ3v) is 2.94. The van der Waals surface area contributed by atoms with Gasteiger partial charge in [-0.3, -0.25) is 4.79 Å². The van der Waals surface area contributed by atoms with Gasteiger partial charge >= 0.3 is 5.97 Å². The number of allylic oxidation sites excluding steroid dienone is 1. The van der Waals surface area contributed by atoms with Gasteiger partial charge < -0.3 is 15.8 Å². The Labute approximate surface area is 116 Å². The molecule has 1 aromatic rings. The third-order valence-electron chi connectivity index (χ3n) is 2.53. The van der Waals surface area contributed by atoms with Gasteiger partial charge in [0.15, 0.2) is 0 Å². The van der Waals surface area contributed by atoms with E-state index in [1.54, 1.807) is 25.1 Å². The number of methoxy groups -OCH3 is 1. The summed E-state index contributed by atoms with van der Waals surface area (Å²) >= 11 is 5.95. The van der Waals surface area contributed by atoms with Crippen LogP contribution in [0.15, 0.2) is 29.5 Å². The molecule has 6 heteroatoms. The fourth-order valence-electron chi connectivity index (χ4n) is 1.46. The number of nitrogens with one attached hydrogen (secondary N) is 1. The normalized spacial score (nSPS) is 11.6. The summed E-state index contributed by atoms with van der Waals surface area (Å²) in [6, 6.07) is 5.08. The summed E-state index contributed by atoms with van der Waals surface area (Å²) in [5.74, 6) is -1.41. The van der Waals surface area contributed by atoms with E-state index in [2.05, 4.69) is 10.1 Å². The number of halogens is 1. The summed E-state index contributed by atoms with van der Waals surface area (Å²) in [5.41, 5.74) is 6.61. The zero-order valence-electron chi connectivity index (χ0n) is 10.9. The van der Waals surface area contributed by atoms with Gasteiger partial charge in [-0.1, -0.05) is 17.7 Å². The van der Waals surface area contributed by atoms with E-state index in [1.165, 1.54) is 14.0 Å². The molecule has 0 aliphatic rings. The fraction of sp³-hybridized carbons (Fsp3) is 0.231. The largest absolute Gasteiger partial charge is 0.465 e. The molecular weight excluding hydrogens is 268 g/mol. The second kappa shape index (κ2) is 6.24. The van der Waals surface area contributed by atoms with Gasteiger partial charge in [0.25, 0.3) is 5.91 Å². The van der Waals surface area contributed by atoms with Crippen LogP contribution in [0.25, 0.3) is 0 Å². The van der Waals surface area contributed by atoms with E-state index in [4.69, 9.17) is 17.3 Å². The van der Waals surface area contributed by atoms with E-state index in [1.807, 2.05) is 0 Å². The maximum atomic E-state index is 12.0. The Morgan fingerprint density at radius 2 is 2.00 bits per heavy atom. The molecule has 0 aliphatic heterocycles. The maximum Gasteiger partial charge on any atom is 0.345 e. The summed E-state index contributed by atoms with van der Waals surface area (Å²) < 4.78 is 4.52. The minimum atomic E-state index is -0.780. The zero-order valence-corrected chi connectivity index (χ0v) is 11.7. The number of nitrogens with two attached hydrogens (primary N) is 1. The van der Waals surface area contributed by atoms with E-state index < -0.39 is 11.9 Å². The number of hydrogen-bond acceptors (Lipinski definition) is 4. The van der Waals surface area contributed by atoms with Crippen LogP contribution in [0.4, 0.5) is 5.69 Å². The van der Waals surface area contributed by atoms with E-state index in [-0.39, 0.29) is 11.3 Å². The molecule has 5 nitrogen and oxygen atoms in total. The molecule has 0 aromatic heterocycles. The van der Waals surface area contributed by atoms with Gasteiger partial charge in [-0.25, -0.2) is 4.79 Å². The van der Waals surface area contributed by atoms with Crippen LogP contribution in [0.3, 0.4) is 0 Å². The molecule has 0 bridgehead atoms. The SMILES string of the molecule is COC(=O)/C(C(=O)Nc1cccc(Cl)c1C)=C(/C)N. The van der Waals surface area contributed by atoms with Gasteiger partial charge in [0.1, 0.15) is 5.57 Å². The van der Waals surface area contributed by atoms with Crippen molar-refractivity contribution in [2.75, 3.05) is 12.4 Å². The molecule has 1 aromatic carbocycles. The second-order valence-electron chi connectivity index (χ2n) is 3.92. The van der Waals surface area contributed by atoms with Crippen molar-refractivity contribution < 1.29 is 14.3 Å². The maximum absolute atomic E-state index is 12.0. The van der Waals surface area contributed by atoms with Gasteiger partial charge in [-0.05, 0) is 31.5 Å². The molecule has 19 heavy (non-hydrogen) atoms. The van der Waals surface area contributed by atoms with Crippen molar-refractivity contribution in [3.8, 4) is 0 Å². The average molecular weight is 283 g/mol. The number of carbonyl (C=O) groups excluding carboxylic acids is 2. The molecule has 0 spiro atoms. The molecule has 0 heterocycles. The molecule has 0 fully saturated rings. The van der Waals surface area contributed by atoms with Crippen LogP contribution in [0.2, 0.25) is 5.02 Å². The van der Waals surface area contributed by atoms with Crippen molar-refractivity contribution in [1.82, 2.24) is 0 Å². The smallest absolute Gasteiger partial charge is 0.345 e. The van der Waals surface area contributed by atoms with Crippen molar-refractivity contribution >= 4 is 29.2 Å². The second-order valence-corrected chi connectivity index (χ2v) is 4.32. The molecule has 102 valence electrons. The lowest BCUT2D eigenvalue weighted by Gasteiger charge is -2.11. The lowest BCUT2D eigenvalue weighted by molar-refractivity contribution is -0.137. The van der Waals surface area contributed by atoms with Crippen molar-refractivity contribution in [3.63, 3.8) is 0 Å². The monoisotopic (exact) mass is 282 g/mol. The predicted molar refractivity (Wildman–Crippen MR) is 73.7 cm³/mol. The van der Waals surface area contributed by atoms with Crippen LogP contribution in [-0.2, 0) is 14.3 Å². The summed E-state index contributed by atoms with van der Waals surface area (Å²) in [6.07, 6.45) is 0. The Hall–Kier alpha value is -2.01. The Morgan fingerprint density at radius 3 is 2.53 bits per heavy atom. The number of hydrogen-bond donors (Lipinski definition) is 2. The van der Waals surface area contributed by atoms with Gasteiger partial charge in [0.05, 0.1) is 7.11 Å². The molecule has 0 aliphatic carbocycles. The molecule has 0 atom stereocenters. The highest BCUT2D eigenvalue weighted by Crippen LogP contribution is 2.23. The number of ether oxygens (including phenoxy) is 1. The molecular formula is C13H15ClN2O3. The molecule has 0 saturated carbocycles. The van der Waals surface area contributed by atoms with Crippen LogP contribution < -0.4 is 11.1 Å². The van der Waals surface area contributed by atoms with Crippen LogP contribution in [0.5, 0.6) is 0 Å². The fourth-order valence-corrected chi connectivity index (χ4v) is 1.64. The number of benzene rings is 1. The zero-order chi connectivity index (χ0) is 14.6. The first-order valence-corrected chi connectivity index (χ1v) is 5.87. The Kier molecular flexibility index (Phi) is 4.94.